The molecule has 2 aliphatic rings. The lowest BCUT2D eigenvalue weighted by Crippen LogP contribution is -2.41. The second-order valence-electron chi connectivity index (χ2n) is 8.22. The first-order valence-electron chi connectivity index (χ1n) is 9.87. The number of hydrogen-bond acceptors (Lipinski definition) is 3. The molecule has 0 bridgehead atoms. The van der Waals surface area contributed by atoms with Crippen LogP contribution in [0.3, 0.4) is 0 Å². The van der Waals surface area contributed by atoms with Crippen molar-refractivity contribution in [2.45, 2.75) is 64.5 Å². The quantitative estimate of drug-likeness (QED) is 0.792. The van der Waals surface area contributed by atoms with Gasteiger partial charge in [0.15, 0.2) is 9.84 Å². The van der Waals surface area contributed by atoms with Crippen molar-refractivity contribution in [3.8, 4) is 0 Å². The Kier molecular flexibility index (Phi) is 5.75. The molecule has 0 atom stereocenters. The zero-order valence-corrected chi connectivity index (χ0v) is 17.1. The number of carbonyl (C=O) groups is 1. The third-order valence-corrected chi connectivity index (χ3v) is 8.55. The number of aryl methyl sites for hydroxylation is 1. The van der Waals surface area contributed by atoms with Crippen LogP contribution in [0.1, 0.15) is 55.4 Å². The average Bonchev–Trinajstić information content (AvgIpc) is 3.07. The van der Waals surface area contributed by atoms with Crippen molar-refractivity contribution in [2.24, 2.45) is 5.92 Å². The highest BCUT2D eigenvalue weighted by Crippen LogP contribution is 2.28. The van der Waals surface area contributed by atoms with Gasteiger partial charge in [-0.15, -0.1) is 0 Å². The summed E-state index contributed by atoms with van der Waals surface area (Å²) >= 11 is 0. The largest absolute Gasteiger partial charge is 0.342 e. The molecule has 26 heavy (non-hydrogen) atoms. The van der Waals surface area contributed by atoms with Crippen molar-refractivity contribution < 1.29 is 13.2 Å². The van der Waals surface area contributed by atoms with Crippen LogP contribution in [0.15, 0.2) is 12.1 Å². The minimum absolute atomic E-state index is 0.177. The molecule has 0 radical (unpaired) electrons. The zero-order valence-electron chi connectivity index (χ0n) is 16.3. The summed E-state index contributed by atoms with van der Waals surface area (Å²) in [5.41, 5.74) is 5.35. The molecule has 1 aliphatic heterocycles. The van der Waals surface area contributed by atoms with Gasteiger partial charge in [-0.3, -0.25) is 4.79 Å². The first kappa shape index (κ1) is 19.4. The Balaban J connectivity index is 1.56. The molecule has 0 N–H and O–H groups in total. The summed E-state index contributed by atoms with van der Waals surface area (Å²) in [7, 11) is -3.00. The maximum Gasteiger partial charge on any atom is 0.226 e. The van der Waals surface area contributed by atoms with Gasteiger partial charge in [-0.2, -0.15) is 0 Å². The summed E-state index contributed by atoms with van der Waals surface area (Å²) in [5, 5.41) is -0.315. The third kappa shape index (κ3) is 4.13. The van der Waals surface area contributed by atoms with Gasteiger partial charge >= 0.3 is 0 Å². The van der Waals surface area contributed by atoms with Crippen LogP contribution in [-0.4, -0.2) is 43.3 Å². The maximum absolute atomic E-state index is 12.7. The molecular weight excluding hydrogens is 346 g/mol. The summed E-state index contributed by atoms with van der Waals surface area (Å²) < 4.78 is 24.2. The Bertz CT molecular complexity index is 775. The van der Waals surface area contributed by atoms with Crippen molar-refractivity contribution in [3.63, 3.8) is 0 Å². The van der Waals surface area contributed by atoms with Crippen LogP contribution in [0.5, 0.6) is 0 Å². The predicted molar refractivity (Wildman–Crippen MR) is 105 cm³/mol. The number of rotatable bonds is 5. The van der Waals surface area contributed by atoms with E-state index in [9.17, 15) is 13.2 Å². The highest BCUT2D eigenvalue weighted by Gasteiger charge is 2.28. The van der Waals surface area contributed by atoms with E-state index in [0.29, 0.717) is 19.5 Å². The van der Waals surface area contributed by atoms with Crippen LogP contribution in [0.2, 0.25) is 0 Å². The zero-order chi connectivity index (χ0) is 18.9. The van der Waals surface area contributed by atoms with Crippen LogP contribution in [0, 0.1) is 12.8 Å². The Hall–Kier alpha value is -1.36. The first-order valence-corrected chi connectivity index (χ1v) is 11.6. The second kappa shape index (κ2) is 7.71. The highest BCUT2D eigenvalue weighted by atomic mass is 32.2. The van der Waals surface area contributed by atoms with Gasteiger partial charge in [-0.1, -0.05) is 12.1 Å². The predicted octanol–water partition coefficient (Wildman–Crippen LogP) is 3.09. The van der Waals surface area contributed by atoms with Gasteiger partial charge in [0.2, 0.25) is 5.91 Å². The van der Waals surface area contributed by atoms with Crippen LogP contribution < -0.4 is 0 Å². The number of piperidine rings is 1. The van der Waals surface area contributed by atoms with E-state index in [-0.39, 0.29) is 22.8 Å². The molecule has 1 amide bonds. The van der Waals surface area contributed by atoms with Crippen molar-refractivity contribution in [1.29, 1.82) is 0 Å². The molecule has 144 valence electrons. The Morgan fingerprint density at radius 3 is 2.54 bits per heavy atom. The fourth-order valence-corrected chi connectivity index (χ4v) is 5.61. The Morgan fingerprint density at radius 1 is 1.19 bits per heavy atom. The average molecular weight is 378 g/mol. The van der Waals surface area contributed by atoms with Gasteiger partial charge in [0.1, 0.15) is 0 Å². The number of sulfone groups is 1. The molecule has 4 nitrogen and oxygen atoms in total. The molecule has 1 aromatic rings. The number of fused-ring (bicyclic) bond motifs is 1. The molecule has 0 unspecified atom stereocenters. The van der Waals surface area contributed by atoms with Crippen molar-refractivity contribution in [1.82, 2.24) is 4.90 Å². The molecule has 0 aromatic heterocycles. The lowest BCUT2D eigenvalue weighted by Gasteiger charge is -2.32. The summed E-state index contributed by atoms with van der Waals surface area (Å²) in [6.45, 7) is 7.00. The van der Waals surface area contributed by atoms with Gasteiger partial charge in [0.05, 0.1) is 17.4 Å². The minimum atomic E-state index is -3.00. The number of likely N-dealkylation sites (tertiary alicyclic amines) is 1. The summed E-state index contributed by atoms with van der Waals surface area (Å²) in [6, 6.07) is 4.32. The van der Waals surface area contributed by atoms with Gasteiger partial charge in [-0.05, 0) is 81.0 Å². The summed E-state index contributed by atoms with van der Waals surface area (Å²) in [6.07, 6.45) is 5.58. The van der Waals surface area contributed by atoms with Crippen LogP contribution in [0.25, 0.3) is 0 Å². The third-order valence-electron chi connectivity index (χ3n) is 6.18. The lowest BCUT2D eigenvalue weighted by atomic mass is 9.95. The standard InChI is InChI=1S/C21H31NO3S/c1-15(2)26(24,25)14-17-9-11-22(12-10-17)21(23)13-19-8-7-18-5-4-6-20(18)16(19)3/h7-8,15,17H,4-6,9-14H2,1-3H3. The minimum Gasteiger partial charge on any atom is -0.342 e. The van der Waals surface area contributed by atoms with E-state index in [4.69, 9.17) is 0 Å². The molecule has 0 saturated carbocycles. The van der Waals surface area contributed by atoms with Crippen molar-refractivity contribution in [2.75, 3.05) is 18.8 Å². The molecule has 5 heteroatoms. The Morgan fingerprint density at radius 2 is 1.88 bits per heavy atom. The topological polar surface area (TPSA) is 54.5 Å². The fraction of sp³-hybridized carbons (Fsp3) is 0.667. The smallest absolute Gasteiger partial charge is 0.226 e. The van der Waals surface area contributed by atoms with E-state index < -0.39 is 9.84 Å². The molecule has 1 aliphatic carbocycles. The van der Waals surface area contributed by atoms with Gasteiger partial charge in [0, 0.05) is 13.1 Å². The van der Waals surface area contributed by atoms with Crippen molar-refractivity contribution >= 4 is 15.7 Å². The molecule has 1 saturated heterocycles. The monoisotopic (exact) mass is 377 g/mol. The molecule has 1 heterocycles. The van der Waals surface area contributed by atoms with Crippen LogP contribution >= 0.6 is 0 Å². The maximum atomic E-state index is 12.7. The van der Waals surface area contributed by atoms with E-state index in [1.54, 1.807) is 13.8 Å². The lowest BCUT2D eigenvalue weighted by molar-refractivity contribution is -0.131. The van der Waals surface area contributed by atoms with Gasteiger partial charge in [0.25, 0.3) is 0 Å². The van der Waals surface area contributed by atoms with Crippen LogP contribution in [0.4, 0.5) is 0 Å². The molecular formula is C21H31NO3S. The number of amides is 1. The normalized spacial score (nSPS) is 18.4. The van der Waals surface area contributed by atoms with Crippen LogP contribution in [-0.2, 0) is 33.9 Å². The highest BCUT2D eigenvalue weighted by molar-refractivity contribution is 7.91. The number of benzene rings is 1. The number of carbonyl (C=O) groups excluding carboxylic acids is 1. The van der Waals surface area contributed by atoms with E-state index >= 15 is 0 Å². The van der Waals surface area contributed by atoms with Gasteiger partial charge < -0.3 is 4.90 Å². The summed E-state index contributed by atoms with van der Waals surface area (Å²) in [4.78, 5) is 14.6. The fourth-order valence-electron chi connectivity index (χ4n) is 4.24. The first-order chi connectivity index (χ1) is 12.3. The molecule has 3 rings (SSSR count). The number of nitrogens with zero attached hydrogens (tertiary/aromatic N) is 1. The summed E-state index contributed by atoms with van der Waals surface area (Å²) in [5.74, 6) is 0.626. The van der Waals surface area contributed by atoms with Crippen molar-refractivity contribution in [3.05, 3.63) is 34.4 Å². The number of hydrogen-bond donors (Lipinski definition) is 0. The Labute approximate surface area is 157 Å². The van der Waals surface area contributed by atoms with Gasteiger partial charge in [-0.25, -0.2) is 8.42 Å². The van der Waals surface area contributed by atoms with E-state index in [0.717, 1.165) is 31.2 Å². The second-order valence-corrected chi connectivity index (χ2v) is 10.8. The van der Waals surface area contributed by atoms with E-state index in [1.165, 1.54) is 23.1 Å². The van der Waals surface area contributed by atoms with E-state index in [1.807, 2.05) is 4.90 Å². The molecule has 1 aromatic carbocycles. The molecule has 0 spiro atoms. The SMILES string of the molecule is Cc1c(CC(=O)N2CCC(CS(=O)(=O)C(C)C)CC2)ccc2c1CCC2. The van der Waals surface area contributed by atoms with E-state index in [2.05, 4.69) is 19.1 Å². The molecule has 1 fully saturated rings.